The minimum Gasteiger partial charge on any atom is -0.382 e. The fourth-order valence-corrected chi connectivity index (χ4v) is 1.94. The van der Waals surface area contributed by atoms with Crippen molar-refractivity contribution in [3.05, 3.63) is 35.9 Å². The molecule has 0 amide bonds. The molecular formula is C13H16N4S. The van der Waals surface area contributed by atoms with Crippen molar-refractivity contribution in [3.8, 4) is 11.8 Å². The highest BCUT2D eigenvalue weighted by atomic mass is 32.2. The first-order valence-electron chi connectivity index (χ1n) is 5.66. The first-order chi connectivity index (χ1) is 8.77. The number of nitrogens with zero attached hydrogens (tertiary/aromatic N) is 3. The number of anilines is 1. The number of aromatic nitrogens is 2. The van der Waals surface area contributed by atoms with E-state index in [4.69, 9.17) is 11.0 Å². The van der Waals surface area contributed by atoms with Gasteiger partial charge < -0.3 is 5.73 Å². The molecule has 1 aromatic carbocycles. The molecule has 1 heterocycles. The molecule has 0 aliphatic rings. The maximum atomic E-state index is 8.99. The highest BCUT2D eigenvalue weighted by Gasteiger charge is 2.15. The normalized spacial score (nSPS) is 9.22. The van der Waals surface area contributed by atoms with Gasteiger partial charge in [0.15, 0.2) is 0 Å². The summed E-state index contributed by atoms with van der Waals surface area (Å²) in [7, 11) is 0. The van der Waals surface area contributed by atoms with Crippen LogP contribution in [0.2, 0.25) is 0 Å². The smallest absolute Gasteiger partial charge is 0.146 e. The van der Waals surface area contributed by atoms with Crippen molar-refractivity contribution in [2.75, 3.05) is 12.0 Å². The lowest BCUT2D eigenvalue weighted by atomic mass is 10.3. The Morgan fingerprint density at radius 3 is 2.33 bits per heavy atom. The van der Waals surface area contributed by atoms with Crippen molar-refractivity contribution in [3.63, 3.8) is 0 Å². The second-order valence-corrected chi connectivity index (χ2v) is 3.92. The van der Waals surface area contributed by atoms with Gasteiger partial charge in [0.1, 0.15) is 22.5 Å². The van der Waals surface area contributed by atoms with E-state index in [1.54, 1.807) is 4.68 Å². The van der Waals surface area contributed by atoms with Gasteiger partial charge >= 0.3 is 0 Å². The number of benzene rings is 1. The van der Waals surface area contributed by atoms with E-state index in [0.717, 1.165) is 5.69 Å². The molecule has 0 bridgehead atoms. The van der Waals surface area contributed by atoms with E-state index in [-0.39, 0.29) is 0 Å². The molecule has 2 rings (SSSR count). The number of nitriles is 1. The molecule has 0 unspecified atom stereocenters. The minimum absolute atomic E-state index is 0.387. The lowest BCUT2D eigenvalue weighted by molar-refractivity contribution is 0.846. The molecule has 5 heteroatoms. The average molecular weight is 260 g/mol. The summed E-state index contributed by atoms with van der Waals surface area (Å²) < 4.78 is 1.59. The zero-order chi connectivity index (χ0) is 13.5. The number of rotatable bonds is 2. The van der Waals surface area contributed by atoms with Crippen molar-refractivity contribution < 1.29 is 0 Å². The van der Waals surface area contributed by atoms with E-state index >= 15 is 0 Å². The second kappa shape index (κ2) is 6.72. The number of hydrogen-bond donors (Lipinski definition) is 1. The van der Waals surface area contributed by atoms with Crippen LogP contribution in [0.5, 0.6) is 0 Å². The third-order valence-corrected chi connectivity index (χ3v) is 2.87. The molecule has 0 atom stereocenters. The molecule has 0 radical (unpaired) electrons. The van der Waals surface area contributed by atoms with Gasteiger partial charge in [-0.2, -0.15) is 10.4 Å². The SMILES string of the molecule is CC.CSc1nn(-c2ccccc2)c(N)c1C#N. The molecule has 4 nitrogen and oxygen atoms in total. The van der Waals surface area contributed by atoms with Gasteiger partial charge in [-0.3, -0.25) is 0 Å². The third kappa shape index (κ3) is 2.66. The van der Waals surface area contributed by atoms with Crippen molar-refractivity contribution in [2.45, 2.75) is 18.9 Å². The highest BCUT2D eigenvalue weighted by Crippen LogP contribution is 2.26. The Morgan fingerprint density at radius 1 is 1.28 bits per heavy atom. The van der Waals surface area contributed by atoms with E-state index in [1.165, 1.54) is 11.8 Å². The minimum atomic E-state index is 0.387. The summed E-state index contributed by atoms with van der Waals surface area (Å²) in [5, 5.41) is 14.0. The van der Waals surface area contributed by atoms with E-state index in [1.807, 2.05) is 50.4 Å². The molecule has 94 valence electrons. The predicted molar refractivity (Wildman–Crippen MR) is 75.8 cm³/mol. The molecule has 0 saturated carbocycles. The van der Waals surface area contributed by atoms with Crippen LogP contribution in [-0.2, 0) is 0 Å². The summed E-state index contributed by atoms with van der Waals surface area (Å²) in [5.41, 5.74) is 7.19. The number of hydrogen-bond acceptors (Lipinski definition) is 4. The summed E-state index contributed by atoms with van der Waals surface area (Å²) >= 11 is 1.42. The Kier molecular flexibility index (Phi) is 5.28. The zero-order valence-corrected chi connectivity index (χ0v) is 11.5. The van der Waals surface area contributed by atoms with E-state index in [2.05, 4.69) is 11.2 Å². The number of nitrogens with two attached hydrogens (primary N) is 1. The van der Waals surface area contributed by atoms with Crippen molar-refractivity contribution in [1.82, 2.24) is 9.78 Å². The Bertz CT molecular complexity index is 540. The van der Waals surface area contributed by atoms with Crippen LogP contribution >= 0.6 is 11.8 Å². The van der Waals surface area contributed by atoms with Gasteiger partial charge in [0.25, 0.3) is 0 Å². The Balaban J connectivity index is 0.000000771. The molecule has 0 saturated heterocycles. The lowest BCUT2D eigenvalue weighted by Crippen LogP contribution is -2.01. The van der Waals surface area contributed by atoms with Crippen LogP contribution in [0.3, 0.4) is 0 Å². The Labute approximate surface area is 111 Å². The van der Waals surface area contributed by atoms with Crippen LogP contribution in [-0.4, -0.2) is 16.0 Å². The summed E-state index contributed by atoms with van der Waals surface area (Å²) in [4.78, 5) is 0. The number of nitrogen functional groups attached to an aromatic ring is 1. The third-order valence-electron chi connectivity index (χ3n) is 2.19. The fourth-order valence-electron chi connectivity index (χ4n) is 1.42. The molecule has 2 N–H and O–H groups in total. The lowest BCUT2D eigenvalue weighted by Gasteiger charge is -2.02. The number of para-hydroxylation sites is 1. The van der Waals surface area contributed by atoms with Gasteiger partial charge in [-0.1, -0.05) is 32.0 Å². The highest BCUT2D eigenvalue weighted by molar-refractivity contribution is 7.98. The van der Waals surface area contributed by atoms with Crippen molar-refractivity contribution >= 4 is 17.6 Å². The monoisotopic (exact) mass is 260 g/mol. The van der Waals surface area contributed by atoms with Gasteiger partial charge in [-0.25, -0.2) is 4.68 Å². The van der Waals surface area contributed by atoms with Gasteiger partial charge in [0.2, 0.25) is 0 Å². The van der Waals surface area contributed by atoms with E-state index in [9.17, 15) is 0 Å². The summed E-state index contributed by atoms with van der Waals surface area (Å²) in [6, 6.07) is 11.6. The fraction of sp³-hybridized carbons (Fsp3) is 0.231. The van der Waals surface area contributed by atoms with Crippen molar-refractivity contribution in [2.24, 2.45) is 0 Å². The predicted octanol–water partition coefficient (Wildman–Crippen LogP) is 3.07. The Hall–Kier alpha value is -1.93. The van der Waals surface area contributed by atoms with Crippen molar-refractivity contribution in [1.29, 1.82) is 5.26 Å². The van der Waals surface area contributed by atoms with Crippen LogP contribution in [0.1, 0.15) is 19.4 Å². The van der Waals surface area contributed by atoms with Gasteiger partial charge in [0, 0.05) is 0 Å². The molecule has 1 aromatic heterocycles. The topological polar surface area (TPSA) is 67.6 Å². The maximum absolute atomic E-state index is 8.99. The van der Waals surface area contributed by atoms with Crippen LogP contribution in [0, 0.1) is 11.3 Å². The molecule has 2 aromatic rings. The van der Waals surface area contributed by atoms with E-state index < -0.39 is 0 Å². The molecule has 0 aliphatic heterocycles. The average Bonchev–Trinajstić information content (AvgIpc) is 2.78. The largest absolute Gasteiger partial charge is 0.382 e. The second-order valence-electron chi connectivity index (χ2n) is 3.13. The quantitative estimate of drug-likeness (QED) is 0.843. The molecule has 18 heavy (non-hydrogen) atoms. The number of thioether (sulfide) groups is 1. The van der Waals surface area contributed by atoms with Crippen LogP contribution in [0.4, 0.5) is 5.82 Å². The van der Waals surface area contributed by atoms with Gasteiger partial charge in [0.05, 0.1) is 5.69 Å². The van der Waals surface area contributed by atoms with Crippen LogP contribution in [0.25, 0.3) is 5.69 Å². The van der Waals surface area contributed by atoms with Gasteiger partial charge in [-0.15, -0.1) is 11.8 Å². The van der Waals surface area contributed by atoms with Crippen LogP contribution in [0.15, 0.2) is 35.4 Å². The standard InChI is InChI=1S/C11H10N4S.C2H6/c1-16-11-9(7-12)10(13)15(14-11)8-5-3-2-4-6-8;1-2/h2-6H,13H2,1H3;1-2H3. The molecular weight excluding hydrogens is 244 g/mol. The van der Waals surface area contributed by atoms with E-state index in [0.29, 0.717) is 16.4 Å². The summed E-state index contributed by atoms with van der Waals surface area (Å²) in [6.45, 7) is 4.00. The molecule has 0 spiro atoms. The van der Waals surface area contributed by atoms with Gasteiger partial charge in [-0.05, 0) is 18.4 Å². The summed E-state index contributed by atoms with van der Waals surface area (Å²) in [6.07, 6.45) is 1.87. The molecule has 0 aliphatic carbocycles. The first-order valence-corrected chi connectivity index (χ1v) is 6.88. The molecule has 0 fully saturated rings. The Morgan fingerprint density at radius 2 is 1.89 bits per heavy atom. The zero-order valence-electron chi connectivity index (χ0n) is 10.7. The maximum Gasteiger partial charge on any atom is 0.146 e. The van der Waals surface area contributed by atoms with Crippen LogP contribution < -0.4 is 5.73 Å². The first kappa shape index (κ1) is 14.1. The summed E-state index contributed by atoms with van der Waals surface area (Å²) in [5.74, 6) is 0.387.